The monoisotopic (exact) mass is 267 g/mol. The van der Waals surface area contributed by atoms with Gasteiger partial charge in [-0.3, -0.25) is 4.90 Å². The van der Waals surface area contributed by atoms with Crippen LogP contribution in [0, 0.1) is 5.82 Å². The zero-order chi connectivity index (χ0) is 13.8. The van der Waals surface area contributed by atoms with E-state index in [1.54, 1.807) is 6.07 Å². The summed E-state index contributed by atoms with van der Waals surface area (Å²) in [7, 11) is 0.292. The molecule has 1 saturated heterocycles. The first kappa shape index (κ1) is 14.5. The highest BCUT2D eigenvalue weighted by Gasteiger charge is 2.20. The van der Waals surface area contributed by atoms with Crippen molar-refractivity contribution in [2.45, 2.75) is 25.5 Å². The zero-order valence-electron chi connectivity index (χ0n) is 11.1. The predicted octanol–water partition coefficient (Wildman–Crippen LogP) is 0.116. The molecule has 0 amide bonds. The van der Waals surface area contributed by atoms with E-state index in [0.29, 0.717) is 6.54 Å². The van der Waals surface area contributed by atoms with Crippen LogP contribution >= 0.6 is 0 Å². The Morgan fingerprint density at radius 1 is 1.47 bits per heavy atom. The number of likely N-dealkylation sites (N-methyl/N-ethyl adjacent to an activating group) is 1. The van der Waals surface area contributed by atoms with Crippen molar-refractivity contribution in [2.75, 3.05) is 20.2 Å². The van der Waals surface area contributed by atoms with Crippen LogP contribution in [0.2, 0.25) is 0 Å². The van der Waals surface area contributed by atoms with E-state index in [1.807, 2.05) is 7.05 Å². The molecule has 1 aromatic rings. The van der Waals surface area contributed by atoms with E-state index in [0.717, 1.165) is 31.6 Å². The maximum atomic E-state index is 13.1. The Bertz CT molecular complexity index is 424. The third-order valence-electron chi connectivity index (χ3n) is 3.37. The Labute approximate surface area is 113 Å². The minimum atomic E-state index is -1.65. The number of rotatable bonds is 5. The summed E-state index contributed by atoms with van der Waals surface area (Å²) in [5.41, 5.74) is 0.941. The quantitative estimate of drug-likeness (QED) is 0.744. The van der Waals surface area contributed by atoms with Crippen LogP contribution in [0.15, 0.2) is 18.2 Å². The van der Waals surface area contributed by atoms with Crippen LogP contribution in [0.3, 0.4) is 0 Å². The highest BCUT2D eigenvalue weighted by molar-refractivity contribution is 6.59. The minimum Gasteiger partial charge on any atom is -0.423 e. The minimum absolute atomic E-state index is 0.221. The van der Waals surface area contributed by atoms with Gasteiger partial charge in [0.2, 0.25) is 0 Å². The molecule has 1 atom stereocenters. The smallest absolute Gasteiger partial charge is 0.423 e. The molecule has 1 aliphatic rings. The molecule has 104 valence electrons. The van der Waals surface area contributed by atoms with Crippen molar-refractivity contribution >= 4 is 12.6 Å². The van der Waals surface area contributed by atoms with Gasteiger partial charge in [-0.2, -0.15) is 0 Å². The number of nitrogens with zero attached hydrogens (tertiary/aromatic N) is 1. The van der Waals surface area contributed by atoms with Crippen molar-refractivity contribution < 1.29 is 19.2 Å². The average molecular weight is 267 g/mol. The zero-order valence-corrected chi connectivity index (χ0v) is 11.1. The fourth-order valence-corrected chi connectivity index (χ4v) is 2.44. The van der Waals surface area contributed by atoms with Crippen LogP contribution < -0.4 is 5.46 Å². The molecule has 0 spiro atoms. The predicted molar refractivity (Wildman–Crippen MR) is 71.5 cm³/mol. The summed E-state index contributed by atoms with van der Waals surface area (Å²) >= 11 is 0. The summed E-state index contributed by atoms with van der Waals surface area (Å²) in [4.78, 5) is 2.05. The van der Waals surface area contributed by atoms with Crippen LogP contribution in [0.1, 0.15) is 18.4 Å². The molecule has 0 aliphatic carbocycles. The van der Waals surface area contributed by atoms with Crippen LogP contribution in [-0.2, 0) is 11.3 Å². The lowest BCUT2D eigenvalue weighted by Crippen LogP contribution is -2.37. The molecule has 0 saturated carbocycles. The first-order valence-electron chi connectivity index (χ1n) is 6.51. The molecule has 0 radical (unpaired) electrons. The second kappa shape index (κ2) is 6.48. The normalized spacial score (nSPS) is 19.1. The highest BCUT2D eigenvalue weighted by atomic mass is 19.1. The van der Waals surface area contributed by atoms with E-state index in [-0.39, 0.29) is 11.6 Å². The van der Waals surface area contributed by atoms with Crippen molar-refractivity contribution in [3.63, 3.8) is 0 Å². The first-order chi connectivity index (χ1) is 9.06. The summed E-state index contributed by atoms with van der Waals surface area (Å²) in [5, 5.41) is 18.5. The topological polar surface area (TPSA) is 52.9 Å². The molecule has 1 unspecified atom stereocenters. The largest absolute Gasteiger partial charge is 0.488 e. The van der Waals surface area contributed by atoms with Gasteiger partial charge in [-0.25, -0.2) is 4.39 Å². The molecular weight excluding hydrogens is 248 g/mol. The average Bonchev–Trinajstić information content (AvgIpc) is 2.83. The molecule has 6 heteroatoms. The summed E-state index contributed by atoms with van der Waals surface area (Å²) in [6.07, 6.45) is 2.40. The van der Waals surface area contributed by atoms with Gasteiger partial charge in [0.05, 0.1) is 6.10 Å². The number of hydrogen-bond acceptors (Lipinski definition) is 4. The number of benzene rings is 1. The van der Waals surface area contributed by atoms with Crippen LogP contribution in [0.5, 0.6) is 0 Å². The van der Waals surface area contributed by atoms with Gasteiger partial charge < -0.3 is 14.8 Å². The van der Waals surface area contributed by atoms with Crippen LogP contribution in [-0.4, -0.2) is 48.4 Å². The van der Waals surface area contributed by atoms with Gasteiger partial charge in [-0.15, -0.1) is 0 Å². The molecule has 1 aromatic carbocycles. The fraction of sp³-hybridized carbons (Fsp3) is 0.538. The van der Waals surface area contributed by atoms with E-state index in [1.165, 1.54) is 12.1 Å². The van der Waals surface area contributed by atoms with Gasteiger partial charge >= 0.3 is 7.12 Å². The summed E-state index contributed by atoms with van der Waals surface area (Å²) in [5.74, 6) is -0.464. The molecular formula is C13H19BFNO3. The van der Waals surface area contributed by atoms with E-state index < -0.39 is 12.9 Å². The lowest BCUT2D eigenvalue weighted by atomic mass is 9.77. The second-order valence-corrected chi connectivity index (χ2v) is 5.05. The summed E-state index contributed by atoms with van der Waals surface area (Å²) in [6, 6.07) is 4.09. The van der Waals surface area contributed by atoms with Gasteiger partial charge in [0.1, 0.15) is 5.82 Å². The lowest BCUT2D eigenvalue weighted by molar-refractivity contribution is 0.0794. The SMILES string of the molecule is CN(Cc1ccc(F)cc1B(O)O)CC1CCCO1. The second-order valence-electron chi connectivity index (χ2n) is 5.05. The Hall–Kier alpha value is -0.945. The van der Waals surface area contributed by atoms with Gasteiger partial charge in [0.25, 0.3) is 0 Å². The van der Waals surface area contributed by atoms with E-state index in [4.69, 9.17) is 4.74 Å². The van der Waals surface area contributed by atoms with Crippen molar-refractivity contribution in [1.82, 2.24) is 4.90 Å². The van der Waals surface area contributed by atoms with Crippen molar-refractivity contribution in [1.29, 1.82) is 0 Å². The molecule has 2 N–H and O–H groups in total. The number of ether oxygens (including phenoxy) is 1. The van der Waals surface area contributed by atoms with Crippen LogP contribution in [0.4, 0.5) is 4.39 Å². The lowest BCUT2D eigenvalue weighted by Gasteiger charge is -2.21. The summed E-state index contributed by atoms with van der Waals surface area (Å²) in [6.45, 7) is 2.14. The molecule has 2 rings (SSSR count). The molecule has 1 aliphatic heterocycles. The van der Waals surface area contributed by atoms with Crippen molar-refractivity contribution in [3.05, 3.63) is 29.6 Å². The number of hydrogen-bond donors (Lipinski definition) is 2. The molecule has 4 nitrogen and oxygen atoms in total. The van der Waals surface area contributed by atoms with E-state index in [2.05, 4.69) is 4.90 Å². The van der Waals surface area contributed by atoms with E-state index >= 15 is 0 Å². The third kappa shape index (κ3) is 4.01. The van der Waals surface area contributed by atoms with Gasteiger partial charge in [0, 0.05) is 19.7 Å². The highest BCUT2D eigenvalue weighted by Crippen LogP contribution is 2.14. The van der Waals surface area contributed by atoms with Crippen LogP contribution in [0.25, 0.3) is 0 Å². The molecule has 1 fully saturated rings. The van der Waals surface area contributed by atoms with Gasteiger partial charge in [0.15, 0.2) is 0 Å². The van der Waals surface area contributed by atoms with Crippen molar-refractivity contribution in [2.24, 2.45) is 0 Å². The third-order valence-corrected chi connectivity index (χ3v) is 3.37. The Kier molecular flexibility index (Phi) is 4.93. The maximum absolute atomic E-state index is 13.1. The van der Waals surface area contributed by atoms with Gasteiger partial charge in [-0.1, -0.05) is 6.07 Å². The Morgan fingerprint density at radius 3 is 2.89 bits per heavy atom. The molecule has 19 heavy (non-hydrogen) atoms. The Balaban J connectivity index is 2.01. The Morgan fingerprint density at radius 2 is 2.26 bits per heavy atom. The number of halogens is 1. The molecule has 0 bridgehead atoms. The van der Waals surface area contributed by atoms with E-state index in [9.17, 15) is 14.4 Å². The van der Waals surface area contributed by atoms with Gasteiger partial charge in [-0.05, 0) is 43.0 Å². The maximum Gasteiger partial charge on any atom is 0.488 e. The van der Waals surface area contributed by atoms with Crippen molar-refractivity contribution in [3.8, 4) is 0 Å². The molecule has 1 heterocycles. The molecule has 0 aromatic heterocycles. The standard InChI is InChI=1S/C13H19BFNO3/c1-16(9-12-3-2-6-19-12)8-10-4-5-11(15)7-13(10)14(17)18/h4-5,7,12,17-18H,2-3,6,8-9H2,1H3. The first-order valence-corrected chi connectivity index (χ1v) is 6.51. The fourth-order valence-electron chi connectivity index (χ4n) is 2.44. The summed E-state index contributed by atoms with van der Waals surface area (Å²) < 4.78 is 18.7.